The SMILES string of the molecule is CC[N+](CC)(CCO)CCCCCCCC[N+](CC)(CC)CCO.[Br-].[Br-]. The molecule has 0 amide bonds. The number of aliphatic hydroxyl groups excluding tert-OH is 2. The van der Waals surface area contributed by atoms with Gasteiger partial charge in [0, 0.05) is 0 Å². The van der Waals surface area contributed by atoms with Crippen molar-refractivity contribution >= 4 is 0 Å². The van der Waals surface area contributed by atoms with Crippen LogP contribution >= 0.6 is 0 Å². The molecule has 0 aromatic rings. The summed E-state index contributed by atoms with van der Waals surface area (Å²) in [5.74, 6) is 0. The van der Waals surface area contributed by atoms with Crippen LogP contribution in [0, 0.1) is 0 Å². The third-order valence-electron chi connectivity index (χ3n) is 6.35. The summed E-state index contributed by atoms with van der Waals surface area (Å²) in [5.41, 5.74) is 0. The lowest BCUT2D eigenvalue weighted by Crippen LogP contribution is -3.00. The third-order valence-corrected chi connectivity index (χ3v) is 6.35. The van der Waals surface area contributed by atoms with E-state index in [0.29, 0.717) is 13.2 Å². The molecular weight excluding hydrogens is 460 g/mol. The minimum atomic E-state index is 0. The first kappa shape index (κ1) is 31.5. The van der Waals surface area contributed by atoms with Crippen molar-refractivity contribution in [2.75, 3.05) is 65.6 Å². The van der Waals surface area contributed by atoms with Crippen molar-refractivity contribution in [3.05, 3.63) is 0 Å². The molecule has 0 saturated heterocycles. The van der Waals surface area contributed by atoms with Crippen LogP contribution in [0.4, 0.5) is 0 Å². The molecule has 0 aromatic heterocycles. The zero-order chi connectivity index (χ0) is 18.3. The number of unbranched alkanes of at least 4 members (excludes halogenated alkanes) is 5. The van der Waals surface area contributed by atoms with Crippen molar-refractivity contribution in [1.29, 1.82) is 0 Å². The highest BCUT2D eigenvalue weighted by Gasteiger charge is 2.22. The summed E-state index contributed by atoms with van der Waals surface area (Å²) >= 11 is 0. The molecule has 0 heterocycles. The van der Waals surface area contributed by atoms with E-state index in [1.807, 2.05) is 0 Å². The summed E-state index contributed by atoms with van der Waals surface area (Å²) in [7, 11) is 0. The maximum atomic E-state index is 9.28. The van der Waals surface area contributed by atoms with Gasteiger partial charge in [-0.25, -0.2) is 0 Å². The fraction of sp³-hybridized carbons (Fsp3) is 1.00. The van der Waals surface area contributed by atoms with Crippen LogP contribution in [0.15, 0.2) is 0 Å². The number of likely N-dealkylation sites (N-methyl/N-ethyl adjacent to an activating group) is 2. The Morgan fingerprint density at radius 1 is 0.462 bits per heavy atom. The molecule has 0 atom stereocenters. The zero-order valence-corrected chi connectivity index (χ0v) is 21.0. The van der Waals surface area contributed by atoms with Crippen LogP contribution in [-0.2, 0) is 0 Å². The van der Waals surface area contributed by atoms with Gasteiger partial charge in [-0.15, -0.1) is 0 Å². The Labute approximate surface area is 184 Å². The monoisotopic (exact) mass is 504 g/mol. The maximum Gasteiger partial charge on any atom is 0.102 e. The summed E-state index contributed by atoms with van der Waals surface area (Å²) < 4.78 is 2.15. The molecule has 0 saturated carbocycles. The fourth-order valence-electron chi connectivity index (χ4n) is 3.96. The van der Waals surface area contributed by atoms with Gasteiger partial charge in [0.1, 0.15) is 13.1 Å². The number of halogens is 2. The van der Waals surface area contributed by atoms with E-state index in [1.54, 1.807) is 0 Å². The van der Waals surface area contributed by atoms with Gasteiger partial charge in [0.25, 0.3) is 0 Å². The van der Waals surface area contributed by atoms with Gasteiger partial charge in [0.15, 0.2) is 0 Å². The number of hydrogen-bond donors (Lipinski definition) is 2. The summed E-state index contributed by atoms with van der Waals surface area (Å²) in [6.07, 6.45) is 7.90. The van der Waals surface area contributed by atoms with Crippen LogP contribution < -0.4 is 34.0 Å². The zero-order valence-electron chi connectivity index (χ0n) is 17.9. The quantitative estimate of drug-likeness (QED) is 0.164. The summed E-state index contributed by atoms with van der Waals surface area (Å²) in [6.45, 7) is 18.4. The van der Waals surface area contributed by atoms with Crippen molar-refractivity contribution in [3.8, 4) is 0 Å². The van der Waals surface area contributed by atoms with Crippen LogP contribution in [0.2, 0.25) is 0 Å². The van der Waals surface area contributed by atoms with Gasteiger partial charge >= 0.3 is 0 Å². The van der Waals surface area contributed by atoms with Crippen molar-refractivity contribution in [3.63, 3.8) is 0 Å². The average Bonchev–Trinajstić information content (AvgIpc) is 2.62. The molecule has 2 N–H and O–H groups in total. The second-order valence-electron chi connectivity index (χ2n) is 7.41. The molecule has 0 unspecified atom stereocenters. The Morgan fingerprint density at radius 2 is 0.731 bits per heavy atom. The summed E-state index contributed by atoms with van der Waals surface area (Å²) in [5, 5.41) is 18.6. The highest BCUT2D eigenvalue weighted by molar-refractivity contribution is 4.49. The van der Waals surface area contributed by atoms with Crippen molar-refractivity contribution in [2.24, 2.45) is 0 Å². The largest absolute Gasteiger partial charge is 1.00 e. The normalized spacial score (nSPS) is 11.8. The lowest BCUT2D eigenvalue weighted by Gasteiger charge is -2.36. The molecular formula is C20H46Br2N2O2. The molecule has 162 valence electrons. The standard InChI is InChI=1S/C20H46N2O2.2BrH/c1-5-21(6-2,17-19-23)15-13-11-9-10-12-14-16-22(7-3,8-4)18-20-24;;/h23-24H,5-20H2,1-4H3;2*1H/q+2;;/p-2. The van der Waals surface area contributed by atoms with Gasteiger partial charge < -0.3 is 53.1 Å². The highest BCUT2D eigenvalue weighted by atomic mass is 79.9. The second kappa shape index (κ2) is 19.1. The van der Waals surface area contributed by atoms with E-state index in [9.17, 15) is 10.2 Å². The van der Waals surface area contributed by atoms with Crippen molar-refractivity contribution in [2.45, 2.75) is 66.2 Å². The van der Waals surface area contributed by atoms with E-state index in [-0.39, 0.29) is 34.0 Å². The van der Waals surface area contributed by atoms with Gasteiger partial charge in [-0.2, -0.15) is 0 Å². The Morgan fingerprint density at radius 3 is 0.962 bits per heavy atom. The van der Waals surface area contributed by atoms with Gasteiger partial charge in [0.2, 0.25) is 0 Å². The van der Waals surface area contributed by atoms with E-state index in [4.69, 9.17) is 0 Å². The van der Waals surface area contributed by atoms with Crippen LogP contribution in [0.5, 0.6) is 0 Å². The minimum absolute atomic E-state index is 0. The smallest absolute Gasteiger partial charge is 0.102 e. The Kier molecular flexibility index (Phi) is 23.2. The topological polar surface area (TPSA) is 40.5 Å². The number of hydrogen-bond acceptors (Lipinski definition) is 2. The summed E-state index contributed by atoms with van der Waals surface area (Å²) in [6, 6.07) is 0. The van der Waals surface area contributed by atoms with Gasteiger partial charge in [-0.05, 0) is 53.4 Å². The van der Waals surface area contributed by atoms with Crippen molar-refractivity contribution in [1.82, 2.24) is 0 Å². The number of nitrogens with zero attached hydrogens (tertiary/aromatic N) is 2. The fourth-order valence-corrected chi connectivity index (χ4v) is 3.96. The molecule has 0 aliphatic carbocycles. The van der Waals surface area contributed by atoms with E-state index in [0.717, 1.165) is 48.2 Å². The first-order valence-corrected chi connectivity index (χ1v) is 10.5. The van der Waals surface area contributed by atoms with Crippen LogP contribution in [0.25, 0.3) is 0 Å². The summed E-state index contributed by atoms with van der Waals surface area (Å²) in [4.78, 5) is 0. The highest BCUT2D eigenvalue weighted by Crippen LogP contribution is 2.14. The number of rotatable bonds is 17. The first-order valence-electron chi connectivity index (χ1n) is 10.5. The Balaban J connectivity index is -0.00000264. The van der Waals surface area contributed by atoms with E-state index in [1.165, 1.54) is 51.6 Å². The minimum Gasteiger partial charge on any atom is -1.00 e. The predicted molar refractivity (Wildman–Crippen MR) is 104 cm³/mol. The molecule has 26 heavy (non-hydrogen) atoms. The Hall–Kier alpha value is 0.800. The Bertz CT molecular complexity index is 259. The molecule has 0 aromatic carbocycles. The molecule has 0 bridgehead atoms. The molecule has 0 spiro atoms. The number of quaternary nitrogens is 2. The van der Waals surface area contributed by atoms with E-state index in [2.05, 4.69) is 27.7 Å². The van der Waals surface area contributed by atoms with E-state index >= 15 is 0 Å². The lowest BCUT2D eigenvalue weighted by molar-refractivity contribution is -0.925. The molecule has 0 radical (unpaired) electrons. The molecule has 4 nitrogen and oxygen atoms in total. The molecule has 6 heteroatoms. The molecule has 0 fully saturated rings. The van der Waals surface area contributed by atoms with Gasteiger partial charge in [-0.1, -0.05) is 12.8 Å². The van der Waals surface area contributed by atoms with Gasteiger partial charge in [-0.3, -0.25) is 0 Å². The predicted octanol–water partition coefficient (Wildman–Crippen LogP) is -2.97. The molecule has 0 aliphatic rings. The second-order valence-corrected chi connectivity index (χ2v) is 7.41. The number of aliphatic hydroxyl groups is 2. The molecule has 0 rings (SSSR count). The van der Waals surface area contributed by atoms with E-state index < -0.39 is 0 Å². The maximum absolute atomic E-state index is 9.28. The van der Waals surface area contributed by atoms with Gasteiger partial charge in [0.05, 0.1) is 52.5 Å². The lowest BCUT2D eigenvalue weighted by atomic mass is 10.1. The molecule has 0 aliphatic heterocycles. The third kappa shape index (κ3) is 12.3. The van der Waals surface area contributed by atoms with Crippen LogP contribution in [-0.4, -0.2) is 84.8 Å². The average molecular weight is 506 g/mol. The first-order chi connectivity index (χ1) is 11.6. The van der Waals surface area contributed by atoms with Crippen LogP contribution in [0.1, 0.15) is 66.2 Å². The van der Waals surface area contributed by atoms with Crippen molar-refractivity contribution < 1.29 is 53.1 Å². The van der Waals surface area contributed by atoms with Crippen LogP contribution in [0.3, 0.4) is 0 Å².